The van der Waals surface area contributed by atoms with Gasteiger partial charge in [0.05, 0.1) is 13.7 Å². The molecule has 1 saturated carbocycles. The van der Waals surface area contributed by atoms with Crippen LogP contribution in [0.3, 0.4) is 0 Å². The lowest BCUT2D eigenvalue weighted by Gasteiger charge is -2.28. The van der Waals surface area contributed by atoms with E-state index in [1.807, 2.05) is 17.0 Å². The molecule has 0 bridgehead atoms. The van der Waals surface area contributed by atoms with Crippen molar-refractivity contribution < 1.29 is 14.6 Å². The fourth-order valence-electron chi connectivity index (χ4n) is 2.70. The lowest BCUT2D eigenvalue weighted by Crippen LogP contribution is -2.40. The maximum Gasteiger partial charge on any atom is 0.254 e. The van der Waals surface area contributed by atoms with E-state index in [2.05, 4.69) is 0 Å². The smallest absolute Gasteiger partial charge is 0.254 e. The van der Waals surface area contributed by atoms with E-state index in [0.717, 1.165) is 25.7 Å². The molecule has 0 radical (unpaired) electrons. The molecule has 1 aliphatic carbocycles. The van der Waals surface area contributed by atoms with E-state index < -0.39 is 0 Å². The Morgan fingerprint density at radius 2 is 2.16 bits per heavy atom. The van der Waals surface area contributed by atoms with Crippen LogP contribution >= 0.6 is 0 Å². The number of aliphatic hydroxyl groups excluding tert-OH is 1. The summed E-state index contributed by atoms with van der Waals surface area (Å²) in [5, 5.41) is 9.17. The second-order valence-corrected chi connectivity index (χ2v) is 4.89. The van der Waals surface area contributed by atoms with Crippen LogP contribution in [0.2, 0.25) is 0 Å². The molecule has 104 valence electrons. The van der Waals surface area contributed by atoms with Crippen LogP contribution in [0, 0.1) is 0 Å². The third-order valence-electron chi connectivity index (χ3n) is 3.68. The largest absolute Gasteiger partial charge is 0.497 e. The van der Waals surface area contributed by atoms with Gasteiger partial charge in [0, 0.05) is 18.2 Å². The highest BCUT2D eigenvalue weighted by Crippen LogP contribution is 2.25. The summed E-state index contributed by atoms with van der Waals surface area (Å²) in [6.07, 6.45) is 4.40. The van der Waals surface area contributed by atoms with Crippen LogP contribution in [0.1, 0.15) is 36.0 Å². The minimum atomic E-state index is -0.0140. The number of ether oxygens (including phenoxy) is 1. The average molecular weight is 263 g/mol. The van der Waals surface area contributed by atoms with E-state index in [9.17, 15) is 9.90 Å². The highest BCUT2D eigenvalue weighted by Gasteiger charge is 2.27. The topological polar surface area (TPSA) is 49.8 Å². The van der Waals surface area contributed by atoms with Crippen LogP contribution in [0.5, 0.6) is 5.75 Å². The first-order valence-electron chi connectivity index (χ1n) is 6.82. The Hall–Kier alpha value is -1.55. The second kappa shape index (κ2) is 6.57. The number of methoxy groups -OCH3 is 1. The number of aliphatic hydroxyl groups is 1. The molecule has 0 atom stereocenters. The molecule has 1 amide bonds. The summed E-state index contributed by atoms with van der Waals surface area (Å²) in [5.74, 6) is 0.668. The number of amides is 1. The molecule has 4 heteroatoms. The van der Waals surface area contributed by atoms with Crippen LogP contribution in [0.15, 0.2) is 24.3 Å². The van der Waals surface area contributed by atoms with Crippen molar-refractivity contribution in [2.45, 2.75) is 31.7 Å². The molecule has 1 N–H and O–H groups in total. The van der Waals surface area contributed by atoms with E-state index in [-0.39, 0.29) is 18.6 Å². The van der Waals surface area contributed by atoms with Crippen LogP contribution in [0.25, 0.3) is 0 Å². The van der Waals surface area contributed by atoms with Gasteiger partial charge in [0.2, 0.25) is 0 Å². The number of carbonyl (C=O) groups is 1. The Labute approximate surface area is 114 Å². The minimum absolute atomic E-state index is 0.00616. The molecule has 1 fully saturated rings. The molecular weight excluding hydrogens is 242 g/mol. The van der Waals surface area contributed by atoms with Gasteiger partial charge in [0.25, 0.3) is 5.91 Å². The summed E-state index contributed by atoms with van der Waals surface area (Å²) >= 11 is 0. The van der Waals surface area contributed by atoms with Gasteiger partial charge >= 0.3 is 0 Å². The molecule has 1 aromatic carbocycles. The van der Waals surface area contributed by atoms with Crippen molar-refractivity contribution in [3.63, 3.8) is 0 Å². The second-order valence-electron chi connectivity index (χ2n) is 4.89. The molecule has 0 unspecified atom stereocenters. The highest BCUT2D eigenvalue weighted by molar-refractivity contribution is 5.94. The predicted octanol–water partition coefficient (Wildman–Crippen LogP) is 2.07. The quantitative estimate of drug-likeness (QED) is 0.884. The van der Waals surface area contributed by atoms with Crippen LogP contribution in [0.4, 0.5) is 0 Å². The van der Waals surface area contributed by atoms with Crippen molar-refractivity contribution in [2.24, 2.45) is 0 Å². The predicted molar refractivity (Wildman–Crippen MR) is 73.4 cm³/mol. The minimum Gasteiger partial charge on any atom is -0.497 e. The lowest BCUT2D eigenvalue weighted by atomic mass is 10.1. The number of hydrogen-bond acceptors (Lipinski definition) is 3. The summed E-state index contributed by atoms with van der Waals surface area (Å²) in [4.78, 5) is 14.4. The zero-order valence-corrected chi connectivity index (χ0v) is 11.3. The van der Waals surface area contributed by atoms with Gasteiger partial charge in [-0.25, -0.2) is 0 Å². The Balaban J connectivity index is 2.17. The molecule has 0 spiro atoms. The molecule has 0 aliphatic heterocycles. The number of nitrogens with zero attached hydrogens (tertiary/aromatic N) is 1. The van der Waals surface area contributed by atoms with E-state index >= 15 is 0 Å². The van der Waals surface area contributed by atoms with Crippen molar-refractivity contribution >= 4 is 5.91 Å². The number of carbonyl (C=O) groups excluding carboxylic acids is 1. The standard InChI is InChI=1S/C15H21NO3/c1-19-14-8-4-5-12(11-14)15(18)16(9-10-17)13-6-2-3-7-13/h4-5,8,11,13,17H,2-3,6-7,9-10H2,1H3. The Kier molecular flexibility index (Phi) is 4.80. The van der Waals surface area contributed by atoms with E-state index in [1.165, 1.54) is 0 Å². The number of hydrogen-bond donors (Lipinski definition) is 1. The van der Waals surface area contributed by atoms with Gasteiger partial charge in [-0.15, -0.1) is 0 Å². The van der Waals surface area contributed by atoms with Gasteiger partial charge in [-0.05, 0) is 31.0 Å². The third-order valence-corrected chi connectivity index (χ3v) is 3.68. The van der Waals surface area contributed by atoms with Crippen molar-refractivity contribution in [1.82, 2.24) is 4.90 Å². The highest BCUT2D eigenvalue weighted by atomic mass is 16.5. The van der Waals surface area contributed by atoms with Crippen LogP contribution < -0.4 is 4.74 Å². The fourth-order valence-corrected chi connectivity index (χ4v) is 2.70. The van der Waals surface area contributed by atoms with Gasteiger partial charge in [0.1, 0.15) is 5.75 Å². The summed E-state index contributed by atoms with van der Waals surface area (Å²) < 4.78 is 5.15. The van der Waals surface area contributed by atoms with Crippen molar-refractivity contribution in [2.75, 3.05) is 20.3 Å². The summed E-state index contributed by atoms with van der Waals surface area (Å²) in [6, 6.07) is 7.46. The molecule has 1 aromatic rings. The number of rotatable bonds is 5. The lowest BCUT2D eigenvalue weighted by molar-refractivity contribution is 0.0637. The average Bonchev–Trinajstić information content (AvgIpc) is 2.98. The van der Waals surface area contributed by atoms with E-state index in [0.29, 0.717) is 17.9 Å². The molecule has 0 heterocycles. The Morgan fingerprint density at radius 3 is 2.79 bits per heavy atom. The van der Waals surface area contributed by atoms with Gasteiger partial charge in [-0.2, -0.15) is 0 Å². The van der Waals surface area contributed by atoms with Gasteiger partial charge < -0.3 is 14.7 Å². The first-order valence-corrected chi connectivity index (χ1v) is 6.82. The molecule has 4 nitrogen and oxygen atoms in total. The molecule has 2 rings (SSSR count). The zero-order chi connectivity index (χ0) is 13.7. The normalized spacial score (nSPS) is 15.5. The van der Waals surface area contributed by atoms with Crippen molar-refractivity contribution in [3.05, 3.63) is 29.8 Å². The molecule has 0 saturated heterocycles. The molecule has 0 aromatic heterocycles. The molecule has 1 aliphatic rings. The maximum absolute atomic E-state index is 12.5. The van der Waals surface area contributed by atoms with Gasteiger partial charge in [0.15, 0.2) is 0 Å². The van der Waals surface area contributed by atoms with E-state index in [1.54, 1.807) is 19.2 Å². The monoisotopic (exact) mass is 263 g/mol. The first kappa shape index (κ1) is 13.9. The molecular formula is C15H21NO3. The maximum atomic E-state index is 12.5. The summed E-state index contributed by atoms with van der Waals surface area (Å²) in [6.45, 7) is 0.410. The molecule has 19 heavy (non-hydrogen) atoms. The summed E-state index contributed by atoms with van der Waals surface area (Å²) in [7, 11) is 1.59. The fraction of sp³-hybridized carbons (Fsp3) is 0.533. The van der Waals surface area contributed by atoms with Crippen molar-refractivity contribution in [3.8, 4) is 5.75 Å². The van der Waals surface area contributed by atoms with Gasteiger partial charge in [-0.3, -0.25) is 4.79 Å². The SMILES string of the molecule is COc1cccc(C(=O)N(CCO)C2CCCC2)c1. The van der Waals surface area contributed by atoms with Gasteiger partial charge in [-0.1, -0.05) is 18.9 Å². The van der Waals surface area contributed by atoms with E-state index in [4.69, 9.17) is 4.74 Å². The van der Waals surface area contributed by atoms with Crippen LogP contribution in [-0.2, 0) is 0 Å². The number of benzene rings is 1. The van der Waals surface area contributed by atoms with Crippen LogP contribution in [-0.4, -0.2) is 42.2 Å². The first-order chi connectivity index (χ1) is 9.26. The zero-order valence-electron chi connectivity index (χ0n) is 11.3. The Morgan fingerprint density at radius 1 is 1.42 bits per heavy atom. The summed E-state index contributed by atoms with van der Waals surface area (Å²) in [5.41, 5.74) is 0.625. The van der Waals surface area contributed by atoms with Crippen molar-refractivity contribution in [1.29, 1.82) is 0 Å². The Bertz CT molecular complexity index is 427. The third kappa shape index (κ3) is 3.26.